The third-order valence-corrected chi connectivity index (χ3v) is 4.88. The lowest BCUT2D eigenvalue weighted by molar-refractivity contribution is 0.158. The SMILES string of the molecule is COc1ccc2nccc(N3CC(CNCCN4CCOC4=O)C3)c2n1. The molecule has 2 saturated heterocycles. The zero-order valence-electron chi connectivity index (χ0n) is 14.9. The Hall–Kier alpha value is -2.61. The average Bonchev–Trinajstić information content (AvgIpc) is 3.04. The second kappa shape index (κ2) is 7.33. The third kappa shape index (κ3) is 3.37. The molecule has 2 fully saturated rings. The molecule has 138 valence electrons. The first kappa shape index (κ1) is 16.8. The first-order chi connectivity index (χ1) is 12.7. The summed E-state index contributed by atoms with van der Waals surface area (Å²) >= 11 is 0. The van der Waals surface area contributed by atoms with Crippen molar-refractivity contribution in [2.45, 2.75) is 0 Å². The molecule has 0 spiro atoms. The number of nitrogens with zero attached hydrogens (tertiary/aromatic N) is 4. The number of cyclic esters (lactones) is 1. The highest BCUT2D eigenvalue weighted by molar-refractivity contribution is 5.88. The zero-order chi connectivity index (χ0) is 17.9. The molecule has 8 nitrogen and oxygen atoms in total. The minimum absolute atomic E-state index is 0.200. The minimum Gasteiger partial charge on any atom is -0.481 e. The number of methoxy groups -OCH3 is 1. The highest BCUT2D eigenvalue weighted by atomic mass is 16.6. The van der Waals surface area contributed by atoms with Crippen LogP contribution in [0.1, 0.15) is 0 Å². The van der Waals surface area contributed by atoms with Crippen LogP contribution in [0.15, 0.2) is 24.4 Å². The van der Waals surface area contributed by atoms with E-state index in [1.165, 1.54) is 0 Å². The number of fused-ring (bicyclic) bond motifs is 1. The van der Waals surface area contributed by atoms with Crippen LogP contribution in [-0.4, -0.2) is 73.9 Å². The maximum absolute atomic E-state index is 11.4. The standard InChI is InChI=1S/C18H23N5O3/c1-25-16-3-2-14-17(21-16)15(4-5-20-14)23-11-13(12-23)10-19-6-7-22-8-9-26-18(22)24/h2-5,13,19H,6-12H2,1H3. The summed E-state index contributed by atoms with van der Waals surface area (Å²) in [5.41, 5.74) is 2.86. The van der Waals surface area contributed by atoms with Gasteiger partial charge >= 0.3 is 6.09 Å². The maximum Gasteiger partial charge on any atom is 0.409 e. The first-order valence-corrected chi connectivity index (χ1v) is 8.91. The Morgan fingerprint density at radius 1 is 1.35 bits per heavy atom. The van der Waals surface area contributed by atoms with E-state index in [-0.39, 0.29) is 6.09 Å². The summed E-state index contributed by atoms with van der Waals surface area (Å²) in [6, 6.07) is 5.78. The molecule has 1 N–H and O–H groups in total. The number of hydrogen-bond donors (Lipinski definition) is 1. The fraction of sp³-hybridized carbons (Fsp3) is 0.500. The molecule has 0 aliphatic carbocycles. The number of nitrogens with one attached hydrogen (secondary N) is 1. The summed E-state index contributed by atoms with van der Waals surface area (Å²) in [4.78, 5) is 24.4. The molecule has 2 aromatic rings. The van der Waals surface area contributed by atoms with Crippen molar-refractivity contribution in [1.82, 2.24) is 20.2 Å². The average molecular weight is 357 g/mol. The van der Waals surface area contributed by atoms with E-state index >= 15 is 0 Å². The maximum atomic E-state index is 11.4. The van der Waals surface area contributed by atoms with E-state index in [4.69, 9.17) is 9.47 Å². The lowest BCUT2D eigenvalue weighted by atomic mass is 9.99. The highest BCUT2D eigenvalue weighted by Gasteiger charge is 2.28. The number of aromatic nitrogens is 2. The van der Waals surface area contributed by atoms with Crippen LogP contribution in [0.2, 0.25) is 0 Å². The van der Waals surface area contributed by atoms with Crippen LogP contribution < -0.4 is 15.0 Å². The molecule has 8 heteroatoms. The molecule has 0 radical (unpaired) electrons. The molecule has 2 aromatic heterocycles. The molecular formula is C18H23N5O3. The minimum atomic E-state index is -0.200. The van der Waals surface area contributed by atoms with E-state index in [9.17, 15) is 4.79 Å². The summed E-state index contributed by atoms with van der Waals surface area (Å²) in [6.07, 6.45) is 1.63. The van der Waals surface area contributed by atoms with Crippen LogP contribution in [0, 0.1) is 5.92 Å². The predicted molar refractivity (Wildman–Crippen MR) is 97.6 cm³/mol. The second-order valence-corrected chi connectivity index (χ2v) is 6.63. The van der Waals surface area contributed by atoms with Gasteiger partial charge in [-0.05, 0) is 12.1 Å². The van der Waals surface area contributed by atoms with E-state index < -0.39 is 0 Å². The molecule has 2 aliphatic rings. The summed E-state index contributed by atoms with van der Waals surface area (Å²) in [5.74, 6) is 1.19. The van der Waals surface area contributed by atoms with Gasteiger partial charge in [0.1, 0.15) is 12.1 Å². The number of rotatable bonds is 7. The van der Waals surface area contributed by atoms with Crippen LogP contribution in [0.3, 0.4) is 0 Å². The number of amides is 1. The van der Waals surface area contributed by atoms with Gasteiger partial charge in [0.15, 0.2) is 0 Å². The molecule has 0 atom stereocenters. The van der Waals surface area contributed by atoms with Gasteiger partial charge < -0.3 is 24.6 Å². The quantitative estimate of drug-likeness (QED) is 0.744. The van der Waals surface area contributed by atoms with Crippen molar-refractivity contribution in [3.63, 3.8) is 0 Å². The Labute approximate surface area is 152 Å². The van der Waals surface area contributed by atoms with Gasteiger partial charge in [0.25, 0.3) is 0 Å². The highest BCUT2D eigenvalue weighted by Crippen LogP contribution is 2.30. The molecule has 0 aromatic carbocycles. The number of anilines is 1. The third-order valence-electron chi connectivity index (χ3n) is 4.88. The summed E-state index contributed by atoms with van der Waals surface area (Å²) < 4.78 is 10.2. The van der Waals surface area contributed by atoms with Gasteiger partial charge in [-0.1, -0.05) is 0 Å². The monoisotopic (exact) mass is 357 g/mol. The molecule has 26 heavy (non-hydrogen) atoms. The van der Waals surface area contributed by atoms with Gasteiger partial charge in [-0.2, -0.15) is 0 Å². The summed E-state index contributed by atoms with van der Waals surface area (Å²) in [7, 11) is 1.62. The smallest absolute Gasteiger partial charge is 0.409 e. The fourth-order valence-electron chi connectivity index (χ4n) is 3.41. The van der Waals surface area contributed by atoms with Crippen LogP contribution in [0.25, 0.3) is 11.0 Å². The van der Waals surface area contributed by atoms with Crippen molar-refractivity contribution < 1.29 is 14.3 Å². The Kier molecular flexibility index (Phi) is 4.75. The van der Waals surface area contributed by atoms with Gasteiger partial charge in [-0.3, -0.25) is 4.98 Å². The lowest BCUT2D eigenvalue weighted by Gasteiger charge is -2.41. The van der Waals surface area contributed by atoms with Crippen LogP contribution >= 0.6 is 0 Å². The van der Waals surface area contributed by atoms with Crippen molar-refractivity contribution in [2.24, 2.45) is 5.92 Å². The second-order valence-electron chi connectivity index (χ2n) is 6.63. The van der Waals surface area contributed by atoms with E-state index in [0.29, 0.717) is 31.5 Å². The van der Waals surface area contributed by atoms with Crippen molar-refractivity contribution >= 4 is 22.8 Å². The Morgan fingerprint density at radius 3 is 3.00 bits per heavy atom. The normalized spacial score (nSPS) is 17.5. The van der Waals surface area contributed by atoms with Crippen molar-refractivity contribution in [1.29, 1.82) is 0 Å². The molecular weight excluding hydrogens is 334 g/mol. The van der Waals surface area contributed by atoms with E-state index in [2.05, 4.69) is 20.2 Å². The number of pyridine rings is 2. The van der Waals surface area contributed by atoms with Gasteiger partial charge in [-0.25, -0.2) is 9.78 Å². The number of hydrogen-bond acceptors (Lipinski definition) is 7. The summed E-state index contributed by atoms with van der Waals surface area (Å²) in [5, 5.41) is 3.44. The molecule has 1 amide bonds. The van der Waals surface area contributed by atoms with Crippen LogP contribution in [0.5, 0.6) is 5.88 Å². The van der Waals surface area contributed by atoms with E-state index in [1.807, 2.05) is 24.4 Å². The Balaban J connectivity index is 1.28. The first-order valence-electron chi connectivity index (χ1n) is 8.91. The van der Waals surface area contributed by atoms with Gasteiger partial charge in [0.05, 0.1) is 24.9 Å². The molecule has 0 bridgehead atoms. The summed E-state index contributed by atoms with van der Waals surface area (Å²) in [6.45, 7) is 5.61. The molecule has 0 unspecified atom stereocenters. The van der Waals surface area contributed by atoms with Crippen molar-refractivity contribution in [2.75, 3.05) is 57.9 Å². The van der Waals surface area contributed by atoms with E-state index in [0.717, 1.165) is 42.9 Å². The number of carbonyl (C=O) groups excluding carboxylic acids is 1. The van der Waals surface area contributed by atoms with Crippen LogP contribution in [0.4, 0.5) is 10.5 Å². The fourth-order valence-corrected chi connectivity index (χ4v) is 3.41. The van der Waals surface area contributed by atoms with Crippen molar-refractivity contribution in [3.8, 4) is 5.88 Å². The van der Waals surface area contributed by atoms with Gasteiger partial charge in [0, 0.05) is 50.9 Å². The van der Waals surface area contributed by atoms with Crippen LogP contribution in [-0.2, 0) is 4.74 Å². The molecule has 0 saturated carbocycles. The van der Waals surface area contributed by atoms with Gasteiger partial charge in [0.2, 0.25) is 5.88 Å². The molecule has 2 aliphatic heterocycles. The van der Waals surface area contributed by atoms with Crippen molar-refractivity contribution in [3.05, 3.63) is 24.4 Å². The lowest BCUT2D eigenvalue weighted by Crippen LogP contribution is -2.51. The Bertz CT molecular complexity index is 793. The number of ether oxygens (including phenoxy) is 2. The van der Waals surface area contributed by atoms with Gasteiger partial charge in [-0.15, -0.1) is 0 Å². The molecule has 4 heterocycles. The largest absolute Gasteiger partial charge is 0.481 e. The Morgan fingerprint density at radius 2 is 2.23 bits per heavy atom. The zero-order valence-corrected chi connectivity index (χ0v) is 14.9. The number of carbonyl (C=O) groups is 1. The predicted octanol–water partition coefficient (Wildman–Crippen LogP) is 1.12. The van der Waals surface area contributed by atoms with E-state index in [1.54, 1.807) is 12.0 Å². The topological polar surface area (TPSA) is 79.8 Å². The molecule has 4 rings (SSSR count).